The Hall–Kier alpha value is -0.170. The first-order chi connectivity index (χ1) is 7.02. The van der Waals surface area contributed by atoms with Gasteiger partial charge >= 0.3 is 0 Å². The van der Waals surface area contributed by atoms with Crippen LogP contribution >= 0.6 is 0 Å². The average molecular weight is 238 g/mol. The lowest BCUT2D eigenvalue weighted by Crippen LogP contribution is -2.38. The van der Waals surface area contributed by atoms with Crippen molar-refractivity contribution >= 4 is 10.0 Å². The van der Waals surface area contributed by atoms with Crippen molar-refractivity contribution in [1.29, 1.82) is 0 Å². The Labute approximate surface area is 92.6 Å². The summed E-state index contributed by atoms with van der Waals surface area (Å²) in [6.07, 6.45) is 0. The summed E-state index contributed by atoms with van der Waals surface area (Å²) in [5, 5.41) is 3.16. The number of hydrogen-bond donors (Lipinski definition) is 2. The first-order valence-electron chi connectivity index (χ1n) is 5.30. The summed E-state index contributed by atoms with van der Waals surface area (Å²) >= 11 is 0. The Morgan fingerprint density at radius 2 is 1.93 bits per heavy atom. The summed E-state index contributed by atoms with van der Waals surface area (Å²) < 4.78 is 29.8. The molecular formula is C9H22N2O3S. The Morgan fingerprint density at radius 1 is 1.27 bits per heavy atom. The van der Waals surface area contributed by atoms with Crippen LogP contribution in [0.25, 0.3) is 0 Å². The molecule has 0 aliphatic heterocycles. The van der Waals surface area contributed by atoms with Gasteiger partial charge in [0.2, 0.25) is 10.0 Å². The number of sulfonamides is 1. The molecule has 0 bridgehead atoms. The molecule has 0 amide bonds. The highest BCUT2D eigenvalue weighted by molar-refractivity contribution is 7.89. The van der Waals surface area contributed by atoms with E-state index in [1.54, 1.807) is 6.92 Å². The minimum atomic E-state index is -3.06. The normalized spacial score (nSPS) is 14.1. The predicted octanol–water partition coefficient (Wildman–Crippen LogP) is -0.0597. The van der Waals surface area contributed by atoms with E-state index < -0.39 is 10.0 Å². The fourth-order valence-corrected chi connectivity index (χ4v) is 1.60. The number of ether oxygens (including phenoxy) is 1. The van der Waals surface area contributed by atoms with Crippen LogP contribution in [0.1, 0.15) is 20.8 Å². The van der Waals surface area contributed by atoms with Crippen molar-refractivity contribution in [1.82, 2.24) is 10.0 Å². The van der Waals surface area contributed by atoms with Gasteiger partial charge in [0.15, 0.2) is 0 Å². The Balaban J connectivity index is 3.46. The molecule has 0 aromatic rings. The van der Waals surface area contributed by atoms with E-state index in [2.05, 4.69) is 10.0 Å². The second-order valence-corrected chi connectivity index (χ2v) is 5.41. The summed E-state index contributed by atoms with van der Waals surface area (Å²) in [5.41, 5.74) is 0. The standard InChI is InChI=1S/C9H22N2O3S/c1-4-14-8-9(3)10-6-7-11-15(12,13)5-2/h9-11H,4-8H2,1-3H3. The lowest BCUT2D eigenvalue weighted by atomic mass is 10.3. The second-order valence-electron chi connectivity index (χ2n) is 3.31. The largest absolute Gasteiger partial charge is 0.380 e. The second kappa shape index (κ2) is 8.04. The van der Waals surface area contributed by atoms with Crippen molar-refractivity contribution in [3.8, 4) is 0 Å². The van der Waals surface area contributed by atoms with Crippen LogP contribution in [-0.4, -0.2) is 46.5 Å². The van der Waals surface area contributed by atoms with E-state index >= 15 is 0 Å². The maximum absolute atomic E-state index is 11.1. The van der Waals surface area contributed by atoms with Crippen molar-refractivity contribution in [2.45, 2.75) is 26.8 Å². The van der Waals surface area contributed by atoms with Gasteiger partial charge in [0.1, 0.15) is 0 Å². The Kier molecular flexibility index (Phi) is 7.95. The molecule has 0 aromatic carbocycles. The molecule has 0 aromatic heterocycles. The van der Waals surface area contributed by atoms with Gasteiger partial charge in [0.05, 0.1) is 12.4 Å². The maximum Gasteiger partial charge on any atom is 0.211 e. The first kappa shape index (κ1) is 14.8. The van der Waals surface area contributed by atoms with Gasteiger partial charge in [-0.15, -0.1) is 0 Å². The summed E-state index contributed by atoms with van der Waals surface area (Å²) in [7, 11) is -3.06. The fourth-order valence-electron chi connectivity index (χ4n) is 0.981. The number of rotatable bonds is 9. The van der Waals surface area contributed by atoms with Crippen LogP contribution in [0.4, 0.5) is 0 Å². The van der Waals surface area contributed by atoms with E-state index in [1.807, 2.05) is 13.8 Å². The van der Waals surface area contributed by atoms with Gasteiger partial charge in [-0.05, 0) is 20.8 Å². The number of hydrogen-bond acceptors (Lipinski definition) is 4. The Bertz CT molecular complexity index is 242. The first-order valence-corrected chi connectivity index (χ1v) is 6.95. The van der Waals surface area contributed by atoms with Crippen LogP contribution in [0, 0.1) is 0 Å². The van der Waals surface area contributed by atoms with E-state index in [0.717, 1.165) is 0 Å². The SMILES string of the molecule is CCOCC(C)NCCNS(=O)(=O)CC. The van der Waals surface area contributed by atoms with Crippen LogP contribution in [0.3, 0.4) is 0 Å². The molecule has 2 N–H and O–H groups in total. The summed E-state index contributed by atoms with van der Waals surface area (Å²) in [6, 6.07) is 0.246. The smallest absolute Gasteiger partial charge is 0.211 e. The van der Waals surface area contributed by atoms with Crippen LogP contribution in [0.2, 0.25) is 0 Å². The lowest BCUT2D eigenvalue weighted by Gasteiger charge is -2.13. The molecule has 15 heavy (non-hydrogen) atoms. The molecule has 0 aliphatic carbocycles. The van der Waals surface area contributed by atoms with Gasteiger partial charge in [-0.2, -0.15) is 0 Å². The molecule has 1 unspecified atom stereocenters. The van der Waals surface area contributed by atoms with Gasteiger partial charge in [-0.1, -0.05) is 0 Å². The van der Waals surface area contributed by atoms with E-state index in [1.165, 1.54) is 0 Å². The van der Waals surface area contributed by atoms with E-state index in [9.17, 15) is 8.42 Å². The molecule has 92 valence electrons. The third-order valence-electron chi connectivity index (χ3n) is 1.89. The highest BCUT2D eigenvalue weighted by Gasteiger charge is 2.05. The molecule has 1 atom stereocenters. The van der Waals surface area contributed by atoms with E-state index in [4.69, 9.17) is 4.74 Å². The highest BCUT2D eigenvalue weighted by Crippen LogP contribution is 1.84. The van der Waals surface area contributed by atoms with Crippen molar-refractivity contribution in [2.75, 3.05) is 32.1 Å². The summed E-state index contributed by atoms with van der Waals surface area (Å²) in [6.45, 7) is 7.96. The zero-order chi connectivity index (χ0) is 11.7. The lowest BCUT2D eigenvalue weighted by molar-refractivity contribution is 0.127. The fraction of sp³-hybridized carbons (Fsp3) is 1.00. The minimum absolute atomic E-state index is 0.126. The average Bonchev–Trinajstić information content (AvgIpc) is 2.21. The van der Waals surface area contributed by atoms with Crippen molar-refractivity contribution in [2.24, 2.45) is 0 Å². The molecule has 0 spiro atoms. The van der Waals surface area contributed by atoms with E-state index in [0.29, 0.717) is 26.3 Å². The molecular weight excluding hydrogens is 216 g/mol. The molecule has 0 radical (unpaired) electrons. The minimum Gasteiger partial charge on any atom is -0.380 e. The van der Waals surface area contributed by atoms with Crippen LogP contribution < -0.4 is 10.0 Å². The van der Waals surface area contributed by atoms with Crippen molar-refractivity contribution < 1.29 is 13.2 Å². The molecule has 5 nitrogen and oxygen atoms in total. The zero-order valence-electron chi connectivity index (χ0n) is 9.75. The van der Waals surface area contributed by atoms with Crippen LogP contribution in [0.5, 0.6) is 0 Å². The maximum atomic E-state index is 11.1. The predicted molar refractivity (Wildman–Crippen MR) is 61.4 cm³/mol. The van der Waals surface area contributed by atoms with Crippen molar-refractivity contribution in [3.05, 3.63) is 0 Å². The van der Waals surface area contributed by atoms with E-state index in [-0.39, 0.29) is 11.8 Å². The van der Waals surface area contributed by atoms with Gasteiger partial charge in [0, 0.05) is 25.7 Å². The highest BCUT2D eigenvalue weighted by atomic mass is 32.2. The molecule has 0 aliphatic rings. The zero-order valence-corrected chi connectivity index (χ0v) is 10.6. The Morgan fingerprint density at radius 3 is 2.47 bits per heavy atom. The van der Waals surface area contributed by atoms with Gasteiger partial charge < -0.3 is 10.1 Å². The quantitative estimate of drug-likeness (QED) is 0.552. The third-order valence-corrected chi connectivity index (χ3v) is 3.30. The van der Waals surface area contributed by atoms with Gasteiger partial charge in [-0.25, -0.2) is 13.1 Å². The topological polar surface area (TPSA) is 67.4 Å². The third kappa shape index (κ3) is 8.80. The molecule has 0 rings (SSSR count). The molecule has 0 heterocycles. The molecule has 0 saturated carbocycles. The van der Waals surface area contributed by atoms with Gasteiger partial charge in [0.25, 0.3) is 0 Å². The van der Waals surface area contributed by atoms with Crippen molar-refractivity contribution in [3.63, 3.8) is 0 Å². The molecule has 0 fully saturated rings. The molecule has 0 saturated heterocycles. The van der Waals surface area contributed by atoms with Crippen LogP contribution in [-0.2, 0) is 14.8 Å². The molecule has 6 heteroatoms. The summed E-state index contributed by atoms with van der Waals surface area (Å²) in [4.78, 5) is 0. The monoisotopic (exact) mass is 238 g/mol. The number of nitrogens with one attached hydrogen (secondary N) is 2. The van der Waals surface area contributed by atoms with Gasteiger partial charge in [-0.3, -0.25) is 0 Å². The summed E-state index contributed by atoms with van der Waals surface area (Å²) in [5.74, 6) is 0.126. The van der Waals surface area contributed by atoms with Crippen LogP contribution in [0.15, 0.2) is 0 Å².